The van der Waals surface area contributed by atoms with E-state index in [4.69, 9.17) is 9.15 Å². The molecule has 1 atom stereocenters. The van der Waals surface area contributed by atoms with E-state index < -0.39 is 17.7 Å². The van der Waals surface area contributed by atoms with Crippen molar-refractivity contribution in [3.8, 4) is 22.7 Å². The number of ether oxygens (including phenoxy) is 1. The zero-order valence-corrected chi connectivity index (χ0v) is 15.1. The van der Waals surface area contributed by atoms with Crippen LogP contribution in [0.4, 0.5) is 19.3 Å². The van der Waals surface area contributed by atoms with E-state index in [1.807, 2.05) is 6.92 Å². The van der Waals surface area contributed by atoms with Crippen LogP contribution in [-0.4, -0.2) is 33.9 Å². The van der Waals surface area contributed by atoms with Crippen molar-refractivity contribution >= 4 is 11.8 Å². The monoisotopic (exact) mass is 386 g/mol. The summed E-state index contributed by atoms with van der Waals surface area (Å²) in [5.74, 6) is -0.991. The average Bonchev–Trinajstić information content (AvgIpc) is 3.27. The molecule has 3 aromatic rings. The molecule has 0 spiro atoms. The third-order valence-corrected chi connectivity index (χ3v) is 4.47. The molecule has 1 aromatic carbocycles. The van der Waals surface area contributed by atoms with Gasteiger partial charge in [-0.05, 0) is 24.6 Å². The van der Waals surface area contributed by atoms with Gasteiger partial charge >= 0.3 is 6.09 Å². The van der Waals surface area contributed by atoms with Gasteiger partial charge in [0.1, 0.15) is 23.4 Å². The number of hydrogen-bond donors (Lipinski definition) is 0. The van der Waals surface area contributed by atoms with Gasteiger partial charge in [0.15, 0.2) is 0 Å². The zero-order valence-electron chi connectivity index (χ0n) is 15.1. The molecule has 0 unspecified atom stereocenters. The fraction of sp³-hybridized carbons (Fsp3) is 0.263. The van der Waals surface area contributed by atoms with E-state index in [0.717, 1.165) is 12.1 Å². The summed E-state index contributed by atoms with van der Waals surface area (Å²) < 4.78 is 39.8. The number of carbonyl (C=O) groups is 1. The van der Waals surface area contributed by atoms with Crippen LogP contribution < -0.4 is 4.90 Å². The highest BCUT2D eigenvalue weighted by atomic mass is 19.1. The minimum atomic E-state index is -0.800. The predicted octanol–water partition coefficient (Wildman–Crippen LogP) is 4.12. The van der Waals surface area contributed by atoms with Gasteiger partial charge in [0, 0.05) is 18.7 Å². The highest BCUT2D eigenvalue weighted by Crippen LogP contribution is 2.32. The summed E-state index contributed by atoms with van der Waals surface area (Å²) in [5.41, 5.74) is 0.527. The number of hydrogen-bond acceptors (Lipinski definition) is 6. The Hall–Kier alpha value is -3.36. The Labute approximate surface area is 159 Å². The normalized spacial score (nSPS) is 16.5. The number of aromatic nitrogens is 3. The Bertz CT molecular complexity index is 1010. The number of pyridine rings is 1. The van der Waals surface area contributed by atoms with Gasteiger partial charge in [-0.1, -0.05) is 13.0 Å². The molecule has 0 saturated carbocycles. The molecule has 9 heteroatoms. The zero-order chi connectivity index (χ0) is 19.8. The summed E-state index contributed by atoms with van der Waals surface area (Å²) in [6.07, 6.45) is 1.05. The first-order valence-corrected chi connectivity index (χ1v) is 8.70. The number of anilines is 1. The molecule has 0 N–H and O–H groups in total. The first-order chi connectivity index (χ1) is 13.5. The minimum absolute atomic E-state index is 0.116. The molecular weight excluding hydrogens is 370 g/mol. The second-order valence-corrected chi connectivity index (χ2v) is 6.37. The number of nitrogens with zero attached hydrogens (tertiary/aromatic N) is 4. The maximum absolute atomic E-state index is 14.7. The quantitative estimate of drug-likeness (QED) is 0.671. The largest absolute Gasteiger partial charge is 0.444 e. The van der Waals surface area contributed by atoms with Crippen molar-refractivity contribution in [1.82, 2.24) is 15.2 Å². The molecule has 2 aromatic heterocycles. The molecule has 1 amide bonds. The molecule has 0 radical (unpaired) electrons. The fourth-order valence-corrected chi connectivity index (χ4v) is 3.00. The number of amides is 1. The molecule has 1 fully saturated rings. The van der Waals surface area contributed by atoms with Crippen molar-refractivity contribution < 1.29 is 22.7 Å². The first kappa shape index (κ1) is 18.0. The van der Waals surface area contributed by atoms with Crippen LogP contribution in [0.15, 0.2) is 34.9 Å². The average molecular weight is 386 g/mol. The van der Waals surface area contributed by atoms with Gasteiger partial charge in [-0.2, -0.15) is 0 Å². The smallest absolute Gasteiger partial charge is 0.414 e. The summed E-state index contributed by atoms with van der Waals surface area (Å²) in [6, 6.07) is 5.29. The van der Waals surface area contributed by atoms with Crippen molar-refractivity contribution in [2.45, 2.75) is 26.4 Å². The van der Waals surface area contributed by atoms with Crippen molar-refractivity contribution in [3.63, 3.8) is 0 Å². The van der Waals surface area contributed by atoms with E-state index in [9.17, 15) is 13.6 Å². The summed E-state index contributed by atoms with van der Waals surface area (Å²) in [6.45, 7) is 3.78. The van der Waals surface area contributed by atoms with Crippen LogP contribution in [0.3, 0.4) is 0 Å². The third kappa shape index (κ3) is 3.19. The van der Waals surface area contributed by atoms with Gasteiger partial charge in [-0.3, -0.25) is 9.88 Å². The van der Waals surface area contributed by atoms with Gasteiger partial charge in [0.25, 0.3) is 5.89 Å². The van der Waals surface area contributed by atoms with Crippen LogP contribution >= 0.6 is 0 Å². The van der Waals surface area contributed by atoms with Gasteiger partial charge in [-0.15, -0.1) is 10.2 Å². The van der Waals surface area contributed by atoms with Crippen LogP contribution in [0.1, 0.15) is 19.2 Å². The third-order valence-electron chi connectivity index (χ3n) is 4.47. The second kappa shape index (κ2) is 6.99. The van der Waals surface area contributed by atoms with E-state index in [-0.39, 0.29) is 35.4 Å². The van der Waals surface area contributed by atoms with Crippen molar-refractivity contribution in [3.05, 3.63) is 48.0 Å². The van der Waals surface area contributed by atoms with Crippen LogP contribution in [0.2, 0.25) is 0 Å². The molecule has 0 aliphatic carbocycles. The number of cyclic esters (lactones) is 1. The van der Waals surface area contributed by atoms with Gasteiger partial charge in [0.2, 0.25) is 5.89 Å². The Morgan fingerprint density at radius 3 is 2.50 bits per heavy atom. The molecule has 0 bridgehead atoms. The van der Waals surface area contributed by atoms with Crippen LogP contribution in [-0.2, 0) is 4.74 Å². The number of halogens is 2. The van der Waals surface area contributed by atoms with Crippen LogP contribution in [0.25, 0.3) is 22.7 Å². The molecule has 3 heterocycles. The number of rotatable bonds is 4. The van der Waals surface area contributed by atoms with Crippen molar-refractivity contribution in [2.24, 2.45) is 0 Å². The predicted molar refractivity (Wildman–Crippen MR) is 95.5 cm³/mol. The topological polar surface area (TPSA) is 81.4 Å². The molecular formula is C19H16F2N4O3. The van der Waals surface area contributed by atoms with Crippen molar-refractivity contribution in [1.29, 1.82) is 0 Å². The standard InChI is InChI=1S/C19H16F2N4O3/c1-3-13-9-25(19(26)28-13)12-6-14(20)17(15(21)7-12)11-4-5-16(22-8-11)18-24-23-10(2)27-18/h4-8,13H,3,9H2,1-2H3/t13-/m0/s1. The maximum Gasteiger partial charge on any atom is 0.414 e. The lowest BCUT2D eigenvalue weighted by atomic mass is 10.0. The summed E-state index contributed by atoms with van der Waals surface area (Å²) >= 11 is 0. The highest BCUT2D eigenvalue weighted by Gasteiger charge is 2.32. The highest BCUT2D eigenvalue weighted by molar-refractivity contribution is 5.90. The lowest BCUT2D eigenvalue weighted by Gasteiger charge is -2.15. The lowest BCUT2D eigenvalue weighted by molar-refractivity contribution is 0.139. The molecule has 144 valence electrons. The van der Waals surface area contributed by atoms with Crippen LogP contribution in [0, 0.1) is 18.6 Å². The number of benzene rings is 1. The summed E-state index contributed by atoms with van der Waals surface area (Å²) in [4.78, 5) is 17.3. The molecule has 4 rings (SSSR count). The van der Waals surface area contributed by atoms with E-state index in [1.54, 1.807) is 13.0 Å². The Kier molecular flexibility index (Phi) is 4.50. The first-order valence-electron chi connectivity index (χ1n) is 8.70. The summed E-state index contributed by atoms with van der Waals surface area (Å²) in [7, 11) is 0. The Balaban J connectivity index is 1.64. The van der Waals surface area contributed by atoms with E-state index in [2.05, 4.69) is 15.2 Å². The van der Waals surface area contributed by atoms with Gasteiger partial charge < -0.3 is 9.15 Å². The van der Waals surface area contributed by atoms with E-state index in [1.165, 1.54) is 17.2 Å². The van der Waals surface area contributed by atoms with Crippen molar-refractivity contribution in [2.75, 3.05) is 11.4 Å². The molecule has 1 saturated heterocycles. The number of carbonyl (C=O) groups excluding carboxylic acids is 1. The fourth-order valence-electron chi connectivity index (χ4n) is 3.00. The van der Waals surface area contributed by atoms with E-state index >= 15 is 0 Å². The Morgan fingerprint density at radius 2 is 1.96 bits per heavy atom. The number of aryl methyl sites for hydroxylation is 1. The summed E-state index contributed by atoms with van der Waals surface area (Å²) in [5, 5.41) is 7.57. The molecule has 1 aliphatic rings. The van der Waals surface area contributed by atoms with Gasteiger partial charge in [-0.25, -0.2) is 13.6 Å². The van der Waals surface area contributed by atoms with E-state index in [0.29, 0.717) is 18.0 Å². The SMILES string of the molecule is CC[C@H]1CN(c2cc(F)c(-c3ccc(-c4nnc(C)o4)nc3)c(F)c2)C(=O)O1. The molecule has 7 nitrogen and oxygen atoms in total. The maximum atomic E-state index is 14.7. The van der Waals surface area contributed by atoms with Gasteiger partial charge in [0.05, 0.1) is 17.8 Å². The van der Waals surface area contributed by atoms with Crippen LogP contribution in [0.5, 0.6) is 0 Å². The molecule has 1 aliphatic heterocycles. The lowest BCUT2D eigenvalue weighted by Crippen LogP contribution is -2.24. The second-order valence-electron chi connectivity index (χ2n) is 6.37. The molecule has 28 heavy (non-hydrogen) atoms. The Morgan fingerprint density at radius 1 is 1.21 bits per heavy atom. The minimum Gasteiger partial charge on any atom is -0.444 e.